The fourth-order valence-electron chi connectivity index (χ4n) is 1.99. The van der Waals surface area contributed by atoms with Gasteiger partial charge >= 0.3 is 0 Å². The minimum absolute atomic E-state index is 0.443. The third kappa shape index (κ3) is 3.04. The van der Waals surface area contributed by atoms with Gasteiger partial charge in [-0.1, -0.05) is 6.92 Å². The molecule has 0 saturated carbocycles. The highest BCUT2D eigenvalue weighted by atomic mass is 16.5. The van der Waals surface area contributed by atoms with E-state index < -0.39 is 0 Å². The van der Waals surface area contributed by atoms with Crippen LogP contribution in [0.3, 0.4) is 0 Å². The quantitative estimate of drug-likeness (QED) is 0.789. The molecule has 2 atom stereocenters. The van der Waals surface area contributed by atoms with Gasteiger partial charge in [0.05, 0.1) is 6.10 Å². The average molecular weight is 209 g/mol. The number of nitrogens with zero attached hydrogens (tertiary/aromatic N) is 1. The summed E-state index contributed by atoms with van der Waals surface area (Å²) >= 11 is 0. The summed E-state index contributed by atoms with van der Waals surface area (Å²) in [5.41, 5.74) is 1.15. The zero-order valence-electron chi connectivity index (χ0n) is 9.20. The number of rotatable bonds is 4. The topological polar surface area (TPSA) is 49.9 Å². The second kappa shape index (κ2) is 5.28. The van der Waals surface area contributed by atoms with Crippen LogP contribution in [0.2, 0.25) is 0 Å². The first-order chi connectivity index (χ1) is 7.38. The van der Waals surface area contributed by atoms with Crippen LogP contribution < -0.4 is 5.32 Å². The van der Waals surface area contributed by atoms with Crippen molar-refractivity contribution >= 4 is 0 Å². The molecule has 2 unspecified atom stereocenters. The third-order valence-corrected chi connectivity index (χ3v) is 2.96. The fraction of sp³-hybridized carbons (Fsp3) is 0.727. The molecule has 2 heterocycles. The van der Waals surface area contributed by atoms with Crippen LogP contribution >= 0.6 is 0 Å². The van der Waals surface area contributed by atoms with Crippen molar-refractivity contribution in [3.8, 4) is 0 Å². The second-order valence-electron chi connectivity index (χ2n) is 4.09. The number of hydrogen-bond acceptors (Lipinski definition) is 3. The van der Waals surface area contributed by atoms with Gasteiger partial charge in [-0.05, 0) is 25.3 Å². The van der Waals surface area contributed by atoms with Crippen LogP contribution in [-0.2, 0) is 11.3 Å². The van der Waals surface area contributed by atoms with Gasteiger partial charge in [0.25, 0.3) is 0 Å². The molecule has 84 valence electrons. The maximum atomic E-state index is 5.63. The van der Waals surface area contributed by atoms with Crippen molar-refractivity contribution in [3.63, 3.8) is 0 Å². The number of ether oxygens (including phenoxy) is 1. The molecule has 4 heteroatoms. The summed E-state index contributed by atoms with van der Waals surface area (Å²) in [6, 6.07) is 2.59. The first-order valence-corrected chi connectivity index (χ1v) is 5.71. The molecule has 0 aliphatic carbocycles. The summed E-state index contributed by atoms with van der Waals surface area (Å²) in [6.45, 7) is 3.95. The van der Waals surface area contributed by atoms with Crippen LogP contribution in [0.1, 0.15) is 31.9 Å². The normalized spacial score (nSPS) is 26.7. The lowest BCUT2D eigenvalue weighted by molar-refractivity contribution is -0.000369. The predicted octanol–water partition coefficient (Wildman–Crippen LogP) is 1.46. The lowest BCUT2D eigenvalue weighted by Gasteiger charge is -2.29. The highest BCUT2D eigenvalue weighted by Crippen LogP contribution is 2.16. The Labute approximate surface area is 90.4 Å². The van der Waals surface area contributed by atoms with Crippen molar-refractivity contribution in [1.82, 2.24) is 15.5 Å². The zero-order valence-corrected chi connectivity index (χ0v) is 9.20. The van der Waals surface area contributed by atoms with Crippen LogP contribution in [-0.4, -0.2) is 29.0 Å². The van der Waals surface area contributed by atoms with E-state index in [-0.39, 0.29) is 0 Å². The van der Waals surface area contributed by atoms with Gasteiger partial charge in [0.2, 0.25) is 0 Å². The number of aromatic amines is 1. The molecule has 15 heavy (non-hydrogen) atoms. The largest absolute Gasteiger partial charge is 0.378 e. The Balaban J connectivity index is 1.74. The number of nitrogens with one attached hydrogen (secondary N) is 2. The standard InChI is InChI=1S/C11H19N3O/c1-2-11-7-9(4-6-15-11)12-8-10-3-5-13-14-10/h3,5,9,11-12H,2,4,6-8H2,1H3,(H,13,14). The average Bonchev–Trinajstić information content (AvgIpc) is 2.79. The summed E-state index contributed by atoms with van der Waals surface area (Å²) in [4.78, 5) is 0. The molecule has 0 radical (unpaired) electrons. The van der Waals surface area contributed by atoms with Crippen molar-refractivity contribution in [2.45, 2.75) is 44.9 Å². The Bertz CT molecular complexity index is 273. The molecule has 1 aromatic heterocycles. The van der Waals surface area contributed by atoms with Gasteiger partial charge in [0.15, 0.2) is 0 Å². The van der Waals surface area contributed by atoms with Crippen LogP contribution in [0, 0.1) is 0 Å². The van der Waals surface area contributed by atoms with Crippen molar-refractivity contribution in [3.05, 3.63) is 18.0 Å². The van der Waals surface area contributed by atoms with E-state index >= 15 is 0 Å². The van der Waals surface area contributed by atoms with Crippen molar-refractivity contribution in [2.75, 3.05) is 6.61 Å². The molecule has 0 spiro atoms. The first kappa shape index (κ1) is 10.6. The molecule has 2 N–H and O–H groups in total. The van der Waals surface area contributed by atoms with E-state index in [2.05, 4.69) is 22.4 Å². The molecule has 1 fully saturated rings. The molecular formula is C11H19N3O. The molecule has 1 aromatic rings. The summed E-state index contributed by atoms with van der Waals surface area (Å²) in [6.07, 6.45) is 5.59. The fourth-order valence-corrected chi connectivity index (χ4v) is 1.99. The highest BCUT2D eigenvalue weighted by Gasteiger charge is 2.20. The molecule has 0 amide bonds. The summed E-state index contributed by atoms with van der Waals surface area (Å²) in [7, 11) is 0. The summed E-state index contributed by atoms with van der Waals surface area (Å²) < 4.78 is 5.63. The monoisotopic (exact) mass is 209 g/mol. The third-order valence-electron chi connectivity index (χ3n) is 2.96. The molecular weight excluding hydrogens is 190 g/mol. The Kier molecular flexibility index (Phi) is 3.75. The maximum Gasteiger partial charge on any atom is 0.0587 e. The van der Waals surface area contributed by atoms with Gasteiger partial charge in [0, 0.05) is 31.1 Å². The molecule has 2 rings (SSSR count). The van der Waals surface area contributed by atoms with E-state index in [0.29, 0.717) is 12.1 Å². The summed E-state index contributed by atoms with van der Waals surface area (Å²) in [5.74, 6) is 0. The smallest absolute Gasteiger partial charge is 0.0587 e. The van der Waals surface area contributed by atoms with E-state index in [1.54, 1.807) is 6.20 Å². The Morgan fingerprint density at radius 3 is 3.33 bits per heavy atom. The van der Waals surface area contributed by atoms with Crippen LogP contribution in [0.5, 0.6) is 0 Å². The lowest BCUT2D eigenvalue weighted by Crippen LogP contribution is -2.38. The number of hydrogen-bond donors (Lipinski definition) is 2. The van der Waals surface area contributed by atoms with Crippen molar-refractivity contribution in [2.24, 2.45) is 0 Å². The highest BCUT2D eigenvalue weighted by molar-refractivity contribution is 4.97. The molecule has 0 aromatic carbocycles. The minimum Gasteiger partial charge on any atom is -0.378 e. The van der Waals surface area contributed by atoms with E-state index in [0.717, 1.165) is 38.1 Å². The zero-order chi connectivity index (χ0) is 10.5. The van der Waals surface area contributed by atoms with Gasteiger partial charge in [-0.3, -0.25) is 5.10 Å². The molecule has 4 nitrogen and oxygen atoms in total. The molecule has 1 aliphatic rings. The number of H-pyrrole nitrogens is 1. The van der Waals surface area contributed by atoms with Crippen LogP contribution in [0.15, 0.2) is 12.3 Å². The van der Waals surface area contributed by atoms with E-state index in [1.807, 2.05) is 6.07 Å². The Hall–Kier alpha value is -0.870. The van der Waals surface area contributed by atoms with Crippen LogP contribution in [0.25, 0.3) is 0 Å². The maximum absolute atomic E-state index is 5.63. The SMILES string of the molecule is CCC1CC(NCc2ccn[nH]2)CCO1. The minimum atomic E-state index is 0.443. The van der Waals surface area contributed by atoms with E-state index in [9.17, 15) is 0 Å². The Morgan fingerprint density at radius 2 is 2.60 bits per heavy atom. The van der Waals surface area contributed by atoms with Gasteiger partial charge in [-0.2, -0.15) is 5.10 Å². The Morgan fingerprint density at radius 1 is 1.67 bits per heavy atom. The van der Waals surface area contributed by atoms with Crippen molar-refractivity contribution < 1.29 is 4.74 Å². The second-order valence-corrected chi connectivity index (χ2v) is 4.09. The van der Waals surface area contributed by atoms with Gasteiger partial charge < -0.3 is 10.1 Å². The van der Waals surface area contributed by atoms with Gasteiger partial charge in [0.1, 0.15) is 0 Å². The molecule has 0 bridgehead atoms. The first-order valence-electron chi connectivity index (χ1n) is 5.71. The van der Waals surface area contributed by atoms with Gasteiger partial charge in [-0.25, -0.2) is 0 Å². The molecule has 1 aliphatic heterocycles. The number of aromatic nitrogens is 2. The van der Waals surface area contributed by atoms with E-state index in [4.69, 9.17) is 4.74 Å². The summed E-state index contributed by atoms with van der Waals surface area (Å²) in [5, 5.41) is 10.4. The van der Waals surface area contributed by atoms with Crippen LogP contribution in [0.4, 0.5) is 0 Å². The molecule has 1 saturated heterocycles. The van der Waals surface area contributed by atoms with E-state index in [1.165, 1.54) is 0 Å². The predicted molar refractivity (Wildman–Crippen MR) is 58.5 cm³/mol. The van der Waals surface area contributed by atoms with Gasteiger partial charge in [-0.15, -0.1) is 0 Å². The lowest BCUT2D eigenvalue weighted by atomic mass is 10.0. The van der Waals surface area contributed by atoms with Crippen molar-refractivity contribution in [1.29, 1.82) is 0 Å².